The molecule has 0 unspecified atom stereocenters. The first-order valence-electron chi connectivity index (χ1n) is 8.04. The van der Waals surface area contributed by atoms with E-state index < -0.39 is 33.2 Å². The Labute approximate surface area is 171 Å². The number of halogens is 5. The SMILES string of the molecule is O=[N+]([O-])c1ccc(Oc2cc(F)c(C(F)(F)F)c(Cl)c2)cc1Oc1ccc(O)cc1. The van der Waals surface area contributed by atoms with E-state index in [1.165, 1.54) is 24.3 Å². The molecule has 0 spiro atoms. The highest BCUT2D eigenvalue weighted by Gasteiger charge is 2.37. The van der Waals surface area contributed by atoms with Crippen molar-refractivity contribution in [1.29, 1.82) is 0 Å². The quantitative estimate of drug-likeness (QED) is 0.269. The van der Waals surface area contributed by atoms with Crippen LogP contribution in [0.3, 0.4) is 0 Å². The third-order valence-electron chi connectivity index (χ3n) is 3.73. The number of hydrogen-bond acceptors (Lipinski definition) is 5. The van der Waals surface area contributed by atoms with Gasteiger partial charge in [-0.2, -0.15) is 13.2 Å². The summed E-state index contributed by atoms with van der Waals surface area (Å²) >= 11 is 5.53. The minimum absolute atomic E-state index is 0.0462. The standard InChI is InChI=1S/C19H10ClF4NO5/c20-14-7-13(8-15(21)18(14)19(22,23)24)29-12-5-6-16(25(27)28)17(9-12)30-11-3-1-10(26)2-4-11/h1-9,26H. The Bertz CT molecular complexity index is 1080. The summed E-state index contributed by atoms with van der Waals surface area (Å²) in [5, 5.41) is 19.6. The number of nitrogens with zero attached hydrogens (tertiary/aromatic N) is 1. The van der Waals surface area contributed by atoms with Gasteiger partial charge in [0.05, 0.1) is 9.95 Å². The summed E-state index contributed by atoms with van der Waals surface area (Å²) < 4.78 is 63.0. The molecule has 0 fully saturated rings. The van der Waals surface area contributed by atoms with Gasteiger partial charge in [0.2, 0.25) is 5.75 Å². The molecule has 156 valence electrons. The molecule has 1 N–H and O–H groups in total. The number of ether oxygens (including phenoxy) is 2. The van der Waals surface area contributed by atoms with Gasteiger partial charge >= 0.3 is 11.9 Å². The van der Waals surface area contributed by atoms with Crippen molar-refractivity contribution in [3.63, 3.8) is 0 Å². The van der Waals surface area contributed by atoms with Gasteiger partial charge < -0.3 is 14.6 Å². The molecule has 0 aromatic heterocycles. The van der Waals surface area contributed by atoms with Crippen molar-refractivity contribution >= 4 is 17.3 Å². The molecule has 0 heterocycles. The van der Waals surface area contributed by atoms with E-state index in [2.05, 4.69) is 0 Å². The number of rotatable bonds is 5. The van der Waals surface area contributed by atoms with Crippen LogP contribution in [-0.2, 0) is 6.18 Å². The number of alkyl halides is 3. The molecule has 3 aromatic carbocycles. The fraction of sp³-hybridized carbons (Fsp3) is 0.0526. The second-order valence-corrected chi connectivity index (χ2v) is 6.25. The molecule has 11 heteroatoms. The van der Waals surface area contributed by atoms with Crippen LogP contribution in [0.4, 0.5) is 23.2 Å². The Morgan fingerprint density at radius 1 is 0.933 bits per heavy atom. The first-order valence-corrected chi connectivity index (χ1v) is 8.42. The van der Waals surface area contributed by atoms with E-state index in [4.69, 9.17) is 21.1 Å². The molecule has 3 aromatic rings. The zero-order valence-electron chi connectivity index (χ0n) is 14.6. The first-order chi connectivity index (χ1) is 14.0. The minimum Gasteiger partial charge on any atom is -0.508 e. The van der Waals surface area contributed by atoms with Crippen LogP contribution in [-0.4, -0.2) is 10.0 Å². The van der Waals surface area contributed by atoms with Crippen LogP contribution in [0, 0.1) is 15.9 Å². The Balaban J connectivity index is 1.93. The van der Waals surface area contributed by atoms with Crippen LogP contribution in [0.15, 0.2) is 54.6 Å². The molecule has 0 aliphatic heterocycles. The van der Waals surface area contributed by atoms with Crippen molar-refractivity contribution in [3.05, 3.63) is 81.1 Å². The largest absolute Gasteiger partial charge is 0.508 e. The van der Waals surface area contributed by atoms with Gasteiger partial charge in [-0.25, -0.2) is 4.39 Å². The van der Waals surface area contributed by atoms with Crippen LogP contribution >= 0.6 is 11.6 Å². The van der Waals surface area contributed by atoms with Gasteiger partial charge in [-0.15, -0.1) is 0 Å². The molecular formula is C19H10ClF4NO5. The maximum atomic E-state index is 13.9. The summed E-state index contributed by atoms with van der Waals surface area (Å²) in [5.74, 6) is -2.19. The van der Waals surface area contributed by atoms with Gasteiger partial charge in [-0.1, -0.05) is 11.6 Å². The Kier molecular flexibility index (Phi) is 5.70. The van der Waals surface area contributed by atoms with Crippen molar-refractivity contribution in [2.24, 2.45) is 0 Å². The van der Waals surface area contributed by atoms with Crippen LogP contribution in [0.1, 0.15) is 5.56 Å². The molecule has 0 saturated heterocycles. The fourth-order valence-electron chi connectivity index (χ4n) is 2.45. The molecule has 0 aliphatic carbocycles. The van der Waals surface area contributed by atoms with Gasteiger partial charge in [0.15, 0.2) is 0 Å². The lowest BCUT2D eigenvalue weighted by Gasteiger charge is -2.13. The summed E-state index contributed by atoms with van der Waals surface area (Å²) in [6.07, 6.45) is -4.99. The lowest BCUT2D eigenvalue weighted by molar-refractivity contribution is -0.385. The summed E-state index contributed by atoms with van der Waals surface area (Å²) in [7, 11) is 0. The molecule has 0 aliphatic rings. The smallest absolute Gasteiger partial charge is 0.420 e. The lowest BCUT2D eigenvalue weighted by atomic mass is 10.2. The van der Waals surface area contributed by atoms with E-state index in [9.17, 15) is 32.8 Å². The van der Waals surface area contributed by atoms with Gasteiger partial charge in [0, 0.05) is 24.3 Å². The molecular weight excluding hydrogens is 434 g/mol. The molecule has 0 radical (unpaired) electrons. The monoisotopic (exact) mass is 443 g/mol. The van der Waals surface area contributed by atoms with Gasteiger partial charge in [-0.3, -0.25) is 10.1 Å². The van der Waals surface area contributed by atoms with Gasteiger partial charge in [0.1, 0.15) is 34.4 Å². The third-order valence-corrected chi connectivity index (χ3v) is 4.03. The highest BCUT2D eigenvalue weighted by atomic mass is 35.5. The molecule has 0 amide bonds. The average molecular weight is 444 g/mol. The number of phenols is 1. The molecule has 0 bridgehead atoms. The van der Waals surface area contributed by atoms with Crippen molar-refractivity contribution in [2.75, 3.05) is 0 Å². The Morgan fingerprint density at radius 2 is 1.57 bits per heavy atom. The summed E-state index contributed by atoms with van der Waals surface area (Å²) in [4.78, 5) is 10.5. The molecule has 0 saturated carbocycles. The first kappa shape index (κ1) is 21.2. The lowest BCUT2D eigenvalue weighted by Crippen LogP contribution is -2.09. The number of nitro groups is 1. The summed E-state index contributed by atoms with van der Waals surface area (Å²) in [6.45, 7) is 0. The van der Waals surface area contributed by atoms with Gasteiger partial charge in [-0.05, 0) is 30.3 Å². The second kappa shape index (κ2) is 8.07. The highest BCUT2D eigenvalue weighted by Crippen LogP contribution is 2.41. The van der Waals surface area contributed by atoms with Crippen LogP contribution in [0.2, 0.25) is 5.02 Å². The summed E-state index contributed by atoms with van der Waals surface area (Å²) in [5.41, 5.74) is -2.05. The van der Waals surface area contributed by atoms with Crippen LogP contribution in [0.25, 0.3) is 0 Å². The summed E-state index contributed by atoms with van der Waals surface area (Å²) in [6, 6.07) is 9.90. The zero-order valence-corrected chi connectivity index (χ0v) is 15.4. The molecule has 30 heavy (non-hydrogen) atoms. The number of aromatic hydroxyl groups is 1. The number of nitro benzene ring substituents is 1. The van der Waals surface area contributed by atoms with E-state index in [1.807, 2.05) is 0 Å². The number of hydrogen-bond donors (Lipinski definition) is 1. The van der Waals surface area contributed by atoms with Crippen LogP contribution < -0.4 is 9.47 Å². The molecule has 6 nitrogen and oxygen atoms in total. The average Bonchev–Trinajstić information content (AvgIpc) is 2.62. The molecule has 3 rings (SSSR count). The van der Waals surface area contributed by atoms with Crippen molar-refractivity contribution in [1.82, 2.24) is 0 Å². The maximum absolute atomic E-state index is 13.9. The van der Waals surface area contributed by atoms with E-state index in [0.717, 1.165) is 24.3 Å². The van der Waals surface area contributed by atoms with Crippen molar-refractivity contribution < 1.29 is 37.1 Å². The fourth-order valence-corrected chi connectivity index (χ4v) is 2.75. The van der Waals surface area contributed by atoms with Gasteiger partial charge in [0.25, 0.3) is 0 Å². The molecule has 0 atom stereocenters. The zero-order chi connectivity index (χ0) is 22.1. The van der Waals surface area contributed by atoms with Crippen molar-refractivity contribution in [3.8, 4) is 28.7 Å². The van der Waals surface area contributed by atoms with E-state index in [1.54, 1.807) is 0 Å². The predicted octanol–water partition coefficient (Wildman–Crippen LogP) is 6.70. The van der Waals surface area contributed by atoms with E-state index in [-0.39, 0.29) is 28.7 Å². The van der Waals surface area contributed by atoms with Crippen molar-refractivity contribution in [2.45, 2.75) is 6.18 Å². The Hall–Kier alpha value is -3.53. The van der Waals surface area contributed by atoms with E-state index >= 15 is 0 Å². The minimum atomic E-state index is -4.99. The van der Waals surface area contributed by atoms with E-state index in [0.29, 0.717) is 6.07 Å². The highest BCUT2D eigenvalue weighted by molar-refractivity contribution is 6.31. The number of phenolic OH excluding ortho intramolecular Hbond substituents is 1. The van der Waals surface area contributed by atoms with Crippen LogP contribution in [0.5, 0.6) is 28.7 Å². The normalized spacial score (nSPS) is 11.2. The number of benzene rings is 3. The third kappa shape index (κ3) is 4.71. The second-order valence-electron chi connectivity index (χ2n) is 5.84. The predicted molar refractivity (Wildman–Crippen MR) is 97.8 cm³/mol. The maximum Gasteiger partial charge on any atom is 0.420 e. The Morgan fingerprint density at radius 3 is 2.13 bits per heavy atom. The topological polar surface area (TPSA) is 81.8 Å².